The molecule has 1 saturated carbocycles. The molecule has 0 spiro atoms. The van der Waals surface area contributed by atoms with Crippen LogP contribution in [-0.2, 0) is 0 Å². The molecule has 0 aromatic heterocycles. The van der Waals surface area contributed by atoms with Crippen LogP contribution in [0.15, 0.2) is 12.1 Å². The summed E-state index contributed by atoms with van der Waals surface area (Å²) in [4.78, 5) is 0. The van der Waals surface area contributed by atoms with Crippen molar-refractivity contribution in [3.05, 3.63) is 28.8 Å². The molecular weight excluding hydrogens is 271 g/mol. The van der Waals surface area contributed by atoms with Crippen LogP contribution >= 0.6 is 7.92 Å². The van der Waals surface area contributed by atoms with Crippen LogP contribution in [0.25, 0.3) is 0 Å². The van der Waals surface area contributed by atoms with E-state index in [9.17, 15) is 0 Å². The first-order valence-corrected chi connectivity index (χ1v) is 10.6. The Hall–Kier alpha value is -0.350. The summed E-state index contributed by atoms with van der Waals surface area (Å²) < 4.78 is 0. The lowest BCUT2D eigenvalue weighted by Gasteiger charge is -2.33. The number of unbranched alkanes of at least 4 members (excludes halogenated alkanes) is 2. The molecule has 0 aliphatic heterocycles. The minimum atomic E-state index is 0.0650. The van der Waals surface area contributed by atoms with E-state index in [0.717, 1.165) is 5.66 Å². The van der Waals surface area contributed by atoms with Crippen molar-refractivity contribution in [3.8, 4) is 0 Å². The predicted molar refractivity (Wildman–Crippen MR) is 98.5 cm³/mol. The minimum absolute atomic E-state index is 0.0650. The van der Waals surface area contributed by atoms with Gasteiger partial charge in [0.2, 0.25) is 0 Å². The zero-order valence-electron chi connectivity index (χ0n) is 14.5. The number of aryl methyl sites for hydroxylation is 1. The van der Waals surface area contributed by atoms with Gasteiger partial charge in [0, 0.05) is 0 Å². The van der Waals surface area contributed by atoms with Crippen LogP contribution in [0.4, 0.5) is 0 Å². The number of benzene rings is 1. The summed E-state index contributed by atoms with van der Waals surface area (Å²) in [5.74, 6) is 0. The molecule has 1 fully saturated rings. The maximum Gasteiger partial charge on any atom is -0.0169 e. The highest BCUT2D eigenvalue weighted by molar-refractivity contribution is 7.66. The molecule has 1 aliphatic rings. The van der Waals surface area contributed by atoms with Gasteiger partial charge in [0.05, 0.1) is 0 Å². The molecule has 1 aromatic carbocycles. The standard InChI is InChI=1S/C20H33P/c1-5-6-10-15-21(19-11-8-7-9-12-19)20-14-13-16(2)17(3)18(20)4/h13-14,19H,5-12,15H2,1-4H3. The average molecular weight is 304 g/mol. The average Bonchev–Trinajstić information content (AvgIpc) is 2.51. The van der Waals surface area contributed by atoms with Crippen molar-refractivity contribution < 1.29 is 0 Å². The van der Waals surface area contributed by atoms with E-state index in [1.165, 1.54) is 68.7 Å². The molecule has 1 aliphatic carbocycles. The molecule has 1 atom stereocenters. The Morgan fingerprint density at radius 2 is 1.67 bits per heavy atom. The van der Waals surface area contributed by atoms with E-state index in [2.05, 4.69) is 39.8 Å². The summed E-state index contributed by atoms with van der Waals surface area (Å²) in [6.07, 6.45) is 13.1. The maximum absolute atomic E-state index is 2.48. The van der Waals surface area contributed by atoms with Gasteiger partial charge in [0.25, 0.3) is 0 Å². The Labute approximate surface area is 133 Å². The Morgan fingerprint density at radius 3 is 2.33 bits per heavy atom. The fourth-order valence-electron chi connectivity index (χ4n) is 3.68. The number of hydrogen-bond donors (Lipinski definition) is 0. The Kier molecular flexibility index (Phi) is 6.74. The van der Waals surface area contributed by atoms with E-state index in [1.54, 1.807) is 10.9 Å². The monoisotopic (exact) mass is 304 g/mol. The van der Waals surface area contributed by atoms with Crippen molar-refractivity contribution in [2.24, 2.45) is 0 Å². The van der Waals surface area contributed by atoms with Crippen molar-refractivity contribution in [1.29, 1.82) is 0 Å². The molecule has 1 unspecified atom stereocenters. The van der Waals surface area contributed by atoms with Crippen molar-refractivity contribution in [3.63, 3.8) is 0 Å². The van der Waals surface area contributed by atoms with E-state index < -0.39 is 0 Å². The summed E-state index contributed by atoms with van der Waals surface area (Å²) in [5.41, 5.74) is 5.60. The smallest absolute Gasteiger partial charge is 0.0169 e. The molecule has 0 radical (unpaired) electrons. The van der Waals surface area contributed by atoms with Crippen LogP contribution < -0.4 is 5.30 Å². The second-order valence-electron chi connectivity index (χ2n) is 6.84. The van der Waals surface area contributed by atoms with Gasteiger partial charge in [-0.25, -0.2) is 0 Å². The Bertz CT molecular complexity index is 443. The highest BCUT2D eigenvalue weighted by Gasteiger charge is 2.25. The SMILES string of the molecule is CCCCCP(c1ccc(C)c(C)c1C)C1CCCCC1. The van der Waals surface area contributed by atoms with E-state index in [0.29, 0.717) is 0 Å². The van der Waals surface area contributed by atoms with Crippen molar-refractivity contribution in [2.45, 2.75) is 84.7 Å². The molecule has 0 N–H and O–H groups in total. The van der Waals surface area contributed by atoms with Gasteiger partial charge < -0.3 is 0 Å². The summed E-state index contributed by atoms with van der Waals surface area (Å²) >= 11 is 0. The first-order chi connectivity index (χ1) is 10.1. The van der Waals surface area contributed by atoms with E-state index in [4.69, 9.17) is 0 Å². The third-order valence-electron chi connectivity index (χ3n) is 5.36. The highest BCUT2D eigenvalue weighted by atomic mass is 31.1. The zero-order valence-corrected chi connectivity index (χ0v) is 15.4. The fraction of sp³-hybridized carbons (Fsp3) is 0.700. The summed E-state index contributed by atoms with van der Waals surface area (Å²) in [6.45, 7) is 9.26. The topological polar surface area (TPSA) is 0 Å². The molecular formula is C20H33P. The van der Waals surface area contributed by atoms with Crippen LogP contribution in [0.5, 0.6) is 0 Å². The third-order valence-corrected chi connectivity index (χ3v) is 8.66. The molecule has 0 heterocycles. The highest BCUT2D eigenvalue weighted by Crippen LogP contribution is 2.48. The molecule has 0 bridgehead atoms. The Balaban J connectivity index is 2.23. The van der Waals surface area contributed by atoms with E-state index >= 15 is 0 Å². The largest absolute Gasteiger partial charge is 0.0718 e. The van der Waals surface area contributed by atoms with Crippen molar-refractivity contribution in [1.82, 2.24) is 0 Å². The third kappa shape index (κ3) is 4.32. The number of rotatable bonds is 6. The molecule has 2 rings (SSSR count). The van der Waals surface area contributed by atoms with Gasteiger partial charge in [0.1, 0.15) is 0 Å². The lowest BCUT2D eigenvalue weighted by Crippen LogP contribution is -2.21. The quantitative estimate of drug-likeness (QED) is 0.431. The normalized spacial score (nSPS) is 17.9. The second-order valence-corrected chi connectivity index (χ2v) is 9.44. The van der Waals surface area contributed by atoms with Crippen LogP contribution in [0.3, 0.4) is 0 Å². The molecule has 0 nitrogen and oxygen atoms in total. The minimum Gasteiger partial charge on any atom is -0.0718 e. The molecule has 1 aromatic rings. The van der Waals surface area contributed by atoms with Gasteiger partial charge in [-0.3, -0.25) is 0 Å². The van der Waals surface area contributed by atoms with Gasteiger partial charge in [-0.2, -0.15) is 0 Å². The van der Waals surface area contributed by atoms with Crippen LogP contribution in [-0.4, -0.2) is 11.8 Å². The second kappa shape index (κ2) is 8.33. The van der Waals surface area contributed by atoms with Gasteiger partial charge >= 0.3 is 0 Å². The lowest BCUT2D eigenvalue weighted by atomic mass is 10.0. The fourth-order valence-corrected chi connectivity index (χ4v) is 7.09. The van der Waals surface area contributed by atoms with Crippen molar-refractivity contribution >= 4 is 13.2 Å². The van der Waals surface area contributed by atoms with Gasteiger partial charge in [-0.05, 0) is 73.8 Å². The van der Waals surface area contributed by atoms with Gasteiger partial charge in [-0.15, -0.1) is 0 Å². The van der Waals surface area contributed by atoms with Gasteiger partial charge in [0.15, 0.2) is 0 Å². The summed E-state index contributed by atoms with van der Waals surface area (Å²) in [6, 6.07) is 4.85. The number of hydrogen-bond acceptors (Lipinski definition) is 0. The molecule has 118 valence electrons. The zero-order chi connectivity index (χ0) is 15.2. The predicted octanol–water partition coefficient (Wildman–Crippen LogP) is 6.24. The van der Waals surface area contributed by atoms with Crippen LogP contribution in [0.1, 0.15) is 75.0 Å². The van der Waals surface area contributed by atoms with Crippen LogP contribution in [0, 0.1) is 20.8 Å². The van der Waals surface area contributed by atoms with E-state index in [1.807, 2.05) is 0 Å². The van der Waals surface area contributed by atoms with E-state index in [-0.39, 0.29) is 7.92 Å². The maximum atomic E-state index is 2.48. The summed E-state index contributed by atoms with van der Waals surface area (Å²) in [7, 11) is 0.0650. The first kappa shape index (κ1) is 17.0. The van der Waals surface area contributed by atoms with Crippen molar-refractivity contribution in [2.75, 3.05) is 6.16 Å². The molecule has 1 heteroatoms. The lowest BCUT2D eigenvalue weighted by molar-refractivity contribution is 0.511. The molecule has 0 amide bonds. The first-order valence-electron chi connectivity index (χ1n) is 8.98. The van der Waals surface area contributed by atoms with Gasteiger partial charge in [-0.1, -0.05) is 59.1 Å². The van der Waals surface area contributed by atoms with Crippen LogP contribution in [0.2, 0.25) is 0 Å². The molecule has 0 saturated heterocycles. The molecule has 21 heavy (non-hydrogen) atoms. The Morgan fingerprint density at radius 1 is 0.952 bits per heavy atom. The summed E-state index contributed by atoms with van der Waals surface area (Å²) in [5, 5.41) is 1.73.